The fraction of sp³-hybridized carbons (Fsp3) is 0.368. The van der Waals surface area contributed by atoms with Crippen molar-refractivity contribution in [2.45, 2.75) is 24.8 Å². The van der Waals surface area contributed by atoms with E-state index in [4.69, 9.17) is 0 Å². The van der Waals surface area contributed by atoms with Gasteiger partial charge in [0.05, 0.1) is 9.82 Å². The van der Waals surface area contributed by atoms with Gasteiger partial charge >= 0.3 is 0 Å². The van der Waals surface area contributed by atoms with Gasteiger partial charge in [0.2, 0.25) is 10.0 Å². The third kappa shape index (κ3) is 4.71. The number of hydrogen-bond donors (Lipinski definition) is 0. The highest BCUT2D eigenvalue weighted by molar-refractivity contribution is 7.89. The van der Waals surface area contributed by atoms with Crippen LogP contribution in [0, 0.1) is 17.0 Å². The molecule has 3 rings (SSSR count). The second-order valence-electron chi connectivity index (χ2n) is 6.77. The van der Waals surface area contributed by atoms with Gasteiger partial charge in [0, 0.05) is 38.3 Å². The first-order valence-electron chi connectivity index (χ1n) is 8.89. The van der Waals surface area contributed by atoms with Gasteiger partial charge in [-0.1, -0.05) is 29.8 Å². The summed E-state index contributed by atoms with van der Waals surface area (Å²) in [5, 5.41) is 10.8. The van der Waals surface area contributed by atoms with Crippen LogP contribution in [0.2, 0.25) is 0 Å². The van der Waals surface area contributed by atoms with Crippen molar-refractivity contribution in [2.75, 3.05) is 26.2 Å². The number of non-ortho nitro benzene ring substituents is 1. The topological polar surface area (TPSA) is 83.8 Å². The number of sulfonamides is 1. The molecule has 0 aliphatic carbocycles. The van der Waals surface area contributed by atoms with Crippen molar-refractivity contribution in [3.63, 3.8) is 0 Å². The molecule has 0 bridgehead atoms. The summed E-state index contributed by atoms with van der Waals surface area (Å²) in [4.78, 5) is 12.6. The third-order valence-electron chi connectivity index (χ3n) is 4.76. The van der Waals surface area contributed by atoms with Crippen LogP contribution in [0.1, 0.15) is 17.5 Å². The van der Waals surface area contributed by atoms with Crippen molar-refractivity contribution in [3.8, 4) is 0 Å². The highest BCUT2D eigenvalue weighted by Crippen LogP contribution is 2.21. The maximum atomic E-state index is 12.9. The molecular weight excluding hydrogens is 366 g/mol. The Morgan fingerprint density at radius 2 is 1.63 bits per heavy atom. The van der Waals surface area contributed by atoms with Crippen LogP contribution >= 0.6 is 0 Å². The number of rotatable bonds is 5. The van der Waals surface area contributed by atoms with Crippen molar-refractivity contribution in [2.24, 2.45) is 0 Å². The maximum Gasteiger partial charge on any atom is 0.269 e. The molecule has 0 atom stereocenters. The monoisotopic (exact) mass is 389 g/mol. The summed E-state index contributed by atoms with van der Waals surface area (Å²) >= 11 is 0. The van der Waals surface area contributed by atoms with E-state index >= 15 is 0 Å². The predicted molar refractivity (Wildman–Crippen MR) is 103 cm³/mol. The fourth-order valence-corrected chi connectivity index (χ4v) is 4.66. The van der Waals surface area contributed by atoms with E-state index in [1.807, 2.05) is 0 Å². The van der Waals surface area contributed by atoms with Gasteiger partial charge in [0.15, 0.2) is 0 Å². The number of nitro benzene ring substituents is 1. The summed E-state index contributed by atoms with van der Waals surface area (Å²) < 4.78 is 27.2. The molecule has 1 heterocycles. The van der Waals surface area contributed by atoms with E-state index in [9.17, 15) is 18.5 Å². The zero-order valence-corrected chi connectivity index (χ0v) is 16.1. The zero-order valence-electron chi connectivity index (χ0n) is 15.2. The van der Waals surface area contributed by atoms with E-state index in [1.165, 1.54) is 39.7 Å². The standard InChI is InChI=1S/C19H23N3O4S/c1-16-3-5-17(6-4-16)15-20-11-2-12-21(14-13-20)27(25,26)19-9-7-18(8-10-19)22(23)24/h3-10H,2,11-15H2,1H3. The molecule has 27 heavy (non-hydrogen) atoms. The van der Waals surface area contributed by atoms with Crippen molar-refractivity contribution in [1.29, 1.82) is 0 Å². The molecule has 0 unspecified atom stereocenters. The fourth-order valence-electron chi connectivity index (χ4n) is 3.19. The number of hydrogen-bond acceptors (Lipinski definition) is 5. The van der Waals surface area contributed by atoms with E-state index in [0.29, 0.717) is 19.6 Å². The number of aryl methyl sites for hydroxylation is 1. The first-order chi connectivity index (χ1) is 12.9. The Hall–Kier alpha value is -2.29. The van der Waals surface area contributed by atoms with Gasteiger partial charge in [-0.2, -0.15) is 4.31 Å². The van der Waals surface area contributed by atoms with Gasteiger partial charge in [-0.05, 0) is 37.6 Å². The summed E-state index contributed by atoms with van der Waals surface area (Å²) in [6.45, 7) is 5.19. The van der Waals surface area contributed by atoms with E-state index in [1.54, 1.807) is 0 Å². The van der Waals surface area contributed by atoms with Crippen LogP contribution in [0.15, 0.2) is 53.4 Å². The minimum absolute atomic E-state index is 0.0973. The Morgan fingerprint density at radius 1 is 0.963 bits per heavy atom. The van der Waals surface area contributed by atoms with Crippen LogP contribution in [0.5, 0.6) is 0 Å². The SMILES string of the molecule is Cc1ccc(CN2CCCN(S(=O)(=O)c3ccc([N+](=O)[O-])cc3)CC2)cc1. The van der Waals surface area contributed by atoms with Crippen LogP contribution < -0.4 is 0 Å². The molecular formula is C19H23N3O4S. The van der Waals surface area contributed by atoms with Crippen LogP contribution in [0.3, 0.4) is 0 Å². The molecule has 1 aliphatic heterocycles. The smallest absolute Gasteiger partial charge is 0.269 e. The average molecular weight is 389 g/mol. The Balaban J connectivity index is 1.67. The lowest BCUT2D eigenvalue weighted by atomic mass is 10.1. The zero-order chi connectivity index (χ0) is 19.4. The van der Waals surface area contributed by atoms with Crippen molar-refractivity contribution in [1.82, 2.24) is 9.21 Å². The van der Waals surface area contributed by atoms with Crippen molar-refractivity contribution >= 4 is 15.7 Å². The lowest BCUT2D eigenvalue weighted by molar-refractivity contribution is -0.384. The van der Waals surface area contributed by atoms with E-state index in [2.05, 4.69) is 36.1 Å². The second-order valence-corrected chi connectivity index (χ2v) is 8.71. The molecule has 0 saturated carbocycles. The summed E-state index contributed by atoms with van der Waals surface area (Å²) in [6, 6.07) is 13.4. The third-order valence-corrected chi connectivity index (χ3v) is 6.67. The summed E-state index contributed by atoms with van der Waals surface area (Å²) in [5.74, 6) is 0. The second kappa shape index (κ2) is 8.16. The highest BCUT2D eigenvalue weighted by atomic mass is 32.2. The lowest BCUT2D eigenvalue weighted by Crippen LogP contribution is -2.35. The van der Waals surface area contributed by atoms with Crippen LogP contribution in [-0.4, -0.2) is 48.7 Å². The molecule has 7 nitrogen and oxygen atoms in total. The Bertz CT molecular complexity index is 896. The molecule has 0 N–H and O–H groups in total. The van der Waals surface area contributed by atoms with Gasteiger partial charge in [-0.3, -0.25) is 15.0 Å². The summed E-state index contributed by atoms with van der Waals surface area (Å²) in [5.41, 5.74) is 2.32. The van der Waals surface area contributed by atoms with Crippen LogP contribution in [0.25, 0.3) is 0 Å². The minimum atomic E-state index is -3.65. The number of benzene rings is 2. The largest absolute Gasteiger partial charge is 0.298 e. The molecule has 0 aromatic heterocycles. The summed E-state index contributed by atoms with van der Waals surface area (Å²) in [7, 11) is -3.65. The van der Waals surface area contributed by atoms with Gasteiger partial charge < -0.3 is 0 Å². The van der Waals surface area contributed by atoms with Gasteiger partial charge in [-0.15, -0.1) is 0 Å². The summed E-state index contributed by atoms with van der Waals surface area (Å²) in [6.07, 6.45) is 0.748. The molecule has 2 aromatic carbocycles. The van der Waals surface area contributed by atoms with E-state index in [-0.39, 0.29) is 10.6 Å². The molecule has 1 saturated heterocycles. The highest BCUT2D eigenvalue weighted by Gasteiger charge is 2.27. The predicted octanol–water partition coefficient (Wildman–Crippen LogP) is 2.80. The van der Waals surface area contributed by atoms with Gasteiger partial charge in [0.25, 0.3) is 5.69 Å². The van der Waals surface area contributed by atoms with E-state index in [0.717, 1.165) is 19.5 Å². The molecule has 2 aromatic rings. The number of nitrogens with zero attached hydrogens (tertiary/aromatic N) is 3. The Kier molecular flexibility index (Phi) is 5.88. The van der Waals surface area contributed by atoms with Crippen molar-refractivity contribution < 1.29 is 13.3 Å². The molecule has 0 spiro atoms. The molecule has 144 valence electrons. The van der Waals surface area contributed by atoms with Crippen LogP contribution in [-0.2, 0) is 16.6 Å². The molecule has 0 radical (unpaired) electrons. The maximum absolute atomic E-state index is 12.9. The molecule has 8 heteroatoms. The average Bonchev–Trinajstić information content (AvgIpc) is 2.90. The minimum Gasteiger partial charge on any atom is -0.298 e. The number of nitro groups is 1. The Labute approximate surface area is 159 Å². The lowest BCUT2D eigenvalue weighted by Gasteiger charge is -2.22. The molecule has 0 amide bonds. The van der Waals surface area contributed by atoms with Crippen molar-refractivity contribution in [3.05, 3.63) is 69.8 Å². The van der Waals surface area contributed by atoms with Gasteiger partial charge in [-0.25, -0.2) is 8.42 Å². The quantitative estimate of drug-likeness (QED) is 0.580. The Morgan fingerprint density at radius 3 is 2.26 bits per heavy atom. The normalized spacial score (nSPS) is 16.8. The van der Waals surface area contributed by atoms with Gasteiger partial charge in [0.1, 0.15) is 0 Å². The molecule has 1 fully saturated rings. The van der Waals surface area contributed by atoms with E-state index < -0.39 is 14.9 Å². The van der Waals surface area contributed by atoms with Crippen LogP contribution in [0.4, 0.5) is 5.69 Å². The first kappa shape index (κ1) is 19.5. The molecule has 1 aliphatic rings. The first-order valence-corrected chi connectivity index (χ1v) is 10.3.